The van der Waals surface area contributed by atoms with Crippen molar-refractivity contribution in [1.29, 1.82) is 0 Å². The van der Waals surface area contributed by atoms with Gasteiger partial charge in [0, 0.05) is 18.9 Å². The Bertz CT molecular complexity index is 9.61. The summed E-state index contributed by atoms with van der Waals surface area (Å²) < 4.78 is 3.19. The molecule has 1 nitrogen and oxygen atoms in total. The van der Waals surface area contributed by atoms with Gasteiger partial charge in [-0.1, -0.05) is 0 Å². The molecule has 0 aliphatic rings. The molecule has 0 spiro atoms. The Morgan fingerprint density at radius 2 is 1.20 bits per heavy atom. The predicted molar refractivity (Wildman–Crippen MR) is 28.9 cm³/mol. The molecule has 29 valence electrons. The molecule has 0 amide bonds. The second-order valence-corrected chi connectivity index (χ2v) is 0.525. The molecule has 0 N–H and O–H groups in total. The normalized spacial score (nSPS) is 3.60. The maximum Gasteiger partial charge on any atom is 0.0832 e. The minimum atomic E-state index is 0. The quantitative estimate of drug-likeness (QED) is 0.443. The van der Waals surface area contributed by atoms with Crippen molar-refractivity contribution >= 4 is 56.1 Å². The fourth-order valence-electron chi connectivity index (χ4n) is 0. The Morgan fingerprint density at radius 3 is 1.20 bits per heavy atom. The van der Waals surface area contributed by atoms with Gasteiger partial charge in [-0.05, 0) is 0 Å². The van der Waals surface area contributed by atoms with Crippen molar-refractivity contribution in [2.24, 2.45) is 0 Å². The third-order valence-electron chi connectivity index (χ3n) is 0. The Kier molecular flexibility index (Phi) is 57.4. The average Bonchev–Trinajstić information content (AvgIpc) is 0.918. The average molecular weight is 128 g/mol. The third kappa shape index (κ3) is 30.2. The van der Waals surface area contributed by atoms with E-state index in [1.54, 1.807) is 0 Å². The van der Waals surface area contributed by atoms with Gasteiger partial charge in [-0.2, -0.15) is 17.3 Å². The van der Waals surface area contributed by atoms with E-state index in [1.807, 2.05) is 0 Å². The summed E-state index contributed by atoms with van der Waals surface area (Å²) in [6, 6.07) is 0. The first kappa shape index (κ1) is 16.1. The van der Waals surface area contributed by atoms with E-state index in [0.717, 1.165) is 0 Å². The first-order valence-electron chi connectivity index (χ1n) is 0.309. The third-order valence-corrected chi connectivity index (χ3v) is 0. The maximum absolute atomic E-state index is 4.26. The van der Waals surface area contributed by atoms with Crippen LogP contribution in [0.15, 0.2) is 0 Å². The van der Waals surface area contributed by atoms with Gasteiger partial charge < -0.3 is 0 Å². The van der Waals surface area contributed by atoms with Crippen molar-refractivity contribution in [3.05, 3.63) is 0 Å². The molecule has 0 heterocycles. The summed E-state index contributed by atoms with van der Waals surface area (Å²) in [6.07, 6.45) is 0. The van der Waals surface area contributed by atoms with Gasteiger partial charge in [0.05, 0.1) is 23.7 Å². The molecule has 0 unspecified atom stereocenters. The fraction of sp³-hybridized carbons (Fsp3) is 0. The Labute approximate surface area is 59.9 Å². The van der Waals surface area contributed by atoms with E-state index >= 15 is 0 Å². The molecule has 0 aromatic rings. The van der Waals surface area contributed by atoms with Crippen LogP contribution >= 0.6 is 37.2 Å². The molecule has 0 rings (SSSR count). The van der Waals surface area contributed by atoms with Gasteiger partial charge in [-0.3, -0.25) is 0 Å². The van der Waals surface area contributed by atoms with Crippen molar-refractivity contribution in [2.45, 2.75) is 0 Å². The van der Waals surface area contributed by atoms with Crippen LogP contribution in [0.2, 0.25) is 0 Å². The predicted octanol–water partition coefficient (Wildman–Crippen LogP) is 1.04. The summed E-state index contributed by atoms with van der Waals surface area (Å²) in [4.78, 5) is 0. The van der Waals surface area contributed by atoms with Gasteiger partial charge in [0.25, 0.3) is 0 Å². The second-order valence-electron chi connectivity index (χ2n) is 0.0583. The Balaban J connectivity index is -0.0000000200. The molecule has 0 aliphatic carbocycles. The molecule has 5 heavy (non-hydrogen) atoms. The smallest absolute Gasteiger partial charge is 0.0832 e. The van der Waals surface area contributed by atoms with Crippen LogP contribution in [0, 0.1) is 0 Å². The zero-order chi connectivity index (χ0) is 2.71. The van der Waals surface area contributed by atoms with Crippen LogP contribution in [0.4, 0.5) is 0 Å². The molecule has 0 saturated heterocycles. The van der Waals surface area contributed by atoms with E-state index in [1.165, 1.54) is 0 Å². The van der Waals surface area contributed by atoms with E-state index < -0.39 is 0 Å². The number of hydrogen-bond donors (Lipinski definition) is 0. The second kappa shape index (κ2) is 17.9. The van der Waals surface area contributed by atoms with Crippen LogP contribution in [0.1, 0.15) is 0 Å². The van der Waals surface area contributed by atoms with Gasteiger partial charge in [0.2, 0.25) is 0 Å². The van der Waals surface area contributed by atoms with E-state index in [9.17, 15) is 0 Å². The van der Waals surface area contributed by atoms with E-state index in [2.05, 4.69) is 27.6 Å². The van der Waals surface area contributed by atoms with Gasteiger partial charge in [-0.25, -0.2) is 0 Å². The summed E-state index contributed by atoms with van der Waals surface area (Å²) in [5.41, 5.74) is 0. The van der Waals surface area contributed by atoms with Crippen LogP contribution in [0.5, 0.6) is 0 Å². The molecule has 0 bridgehead atoms. The molecule has 5 heteroatoms. The molecule has 0 aromatic carbocycles. The number of hydrogen-bond acceptors (Lipinski definition) is 1. The van der Waals surface area contributed by atoms with E-state index in [4.69, 9.17) is 0 Å². The Hall–Kier alpha value is 1.49. The largest absolute Gasteiger partial charge is 0.197 e. The molecular formula is H2Cl2LiOS. The van der Waals surface area contributed by atoms with Crippen molar-refractivity contribution in [3.8, 4) is 0 Å². The van der Waals surface area contributed by atoms with Crippen molar-refractivity contribution in [3.63, 3.8) is 0 Å². The molecule has 0 atom stereocenters. The van der Waals surface area contributed by atoms with Crippen LogP contribution in [-0.2, 0) is 3.84 Å². The molecule has 0 fully saturated rings. The standard InChI is InChI=1S/Cl2O.Li.H2S/c1-3-2;;/h;;1H2. The minimum absolute atomic E-state index is 0. The van der Waals surface area contributed by atoms with Gasteiger partial charge >= 0.3 is 0 Å². The van der Waals surface area contributed by atoms with Crippen molar-refractivity contribution in [1.82, 2.24) is 0 Å². The first-order valence-corrected chi connectivity index (χ1v) is 0.926. The maximum atomic E-state index is 4.26. The van der Waals surface area contributed by atoms with Crippen LogP contribution < -0.4 is 0 Å². The number of halogens is 2. The van der Waals surface area contributed by atoms with Crippen molar-refractivity contribution < 1.29 is 3.84 Å². The minimum Gasteiger partial charge on any atom is -0.197 e. The van der Waals surface area contributed by atoms with Crippen molar-refractivity contribution in [2.75, 3.05) is 0 Å². The zero-order valence-electron chi connectivity index (χ0n) is 2.66. The van der Waals surface area contributed by atoms with E-state index in [-0.39, 0.29) is 32.4 Å². The van der Waals surface area contributed by atoms with Crippen LogP contribution in [-0.4, -0.2) is 18.9 Å². The van der Waals surface area contributed by atoms with Gasteiger partial charge in [0.15, 0.2) is 0 Å². The van der Waals surface area contributed by atoms with Crippen LogP contribution in [0.3, 0.4) is 0 Å². The molecule has 0 aliphatic heterocycles. The number of rotatable bonds is 0. The summed E-state index contributed by atoms with van der Waals surface area (Å²) >= 11 is 8.53. The Morgan fingerprint density at radius 1 is 1.20 bits per heavy atom. The molecule has 0 saturated carbocycles. The topological polar surface area (TPSA) is 9.23 Å². The SMILES string of the molecule is ClOCl.S.[Li]. The molecule has 1 radical (unpaired) electrons. The van der Waals surface area contributed by atoms with Crippen LogP contribution in [0.25, 0.3) is 0 Å². The van der Waals surface area contributed by atoms with Gasteiger partial charge in [-0.15, -0.1) is 0 Å². The monoisotopic (exact) mass is 127 g/mol. The van der Waals surface area contributed by atoms with Gasteiger partial charge in [0.1, 0.15) is 0 Å². The summed E-state index contributed by atoms with van der Waals surface area (Å²) in [7, 11) is 0. The first-order chi connectivity index (χ1) is 1.41. The van der Waals surface area contributed by atoms with E-state index in [0.29, 0.717) is 0 Å². The molecular weight excluding hydrogens is 126 g/mol. The summed E-state index contributed by atoms with van der Waals surface area (Å²) in [5, 5.41) is 0. The summed E-state index contributed by atoms with van der Waals surface area (Å²) in [5.74, 6) is 0. The summed E-state index contributed by atoms with van der Waals surface area (Å²) in [6.45, 7) is 0. The zero-order valence-corrected chi connectivity index (χ0v) is 5.18. The molecule has 0 aromatic heterocycles. The fourth-order valence-corrected chi connectivity index (χ4v) is 0.